The van der Waals surface area contributed by atoms with Crippen LogP contribution in [0.3, 0.4) is 0 Å². The highest BCUT2D eigenvalue weighted by Crippen LogP contribution is 2.30. The normalized spacial score (nSPS) is 17.9. The Morgan fingerprint density at radius 1 is 1.36 bits per heavy atom. The number of thioether (sulfide) groups is 1. The summed E-state index contributed by atoms with van der Waals surface area (Å²) >= 11 is 1.17. The first-order valence-corrected chi connectivity index (χ1v) is 7.76. The second-order valence-electron chi connectivity index (χ2n) is 4.88. The molecule has 0 spiro atoms. The highest BCUT2D eigenvalue weighted by atomic mass is 32.2. The van der Waals surface area contributed by atoms with Crippen molar-refractivity contribution < 1.29 is 24.3 Å². The molecule has 0 aromatic heterocycles. The summed E-state index contributed by atoms with van der Waals surface area (Å²) in [4.78, 5) is 47.4. The molecule has 0 radical (unpaired) electrons. The van der Waals surface area contributed by atoms with E-state index in [2.05, 4.69) is 0 Å². The largest absolute Gasteiger partial charge is 0.481 e. The van der Waals surface area contributed by atoms with Crippen LogP contribution in [0.4, 0.5) is 5.69 Å². The number of nitrogens with zero attached hydrogens (tertiary/aromatic N) is 1. The second-order valence-corrected chi connectivity index (χ2v) is 6.19. The van der Waals surface area contributed by atoms with Gasteiger partial charge >= 0.3 is 5.97 Å². The third-order valence-electron chi connectivity index (χ3n) is 3.25. The number of aliphatic carboxylic acids is 1. The number of amides is 2. The van der Waals surface area contributed by atoms with E-state index >= 15 is 0 Å². The molecule has 1 aromatic rings. The minimum absolute atomic E-state index is 0.0490. The van der Waals surface area contributed by atoms with Crippen molar-refractivity contribution in [2.45, 2.75) is 25.0 Å². The Labute approximate surface area is 131 Å². The molecule has 1 saturated heterocycles. The Kier molecular flexibility index (Phi) is 4.97. The van der Waals surface area contributed by atoms with Crippen LogP contribution in [0.2, 0.25) is 0 Å². The zero-order valence-corrected chi connectivity index (χ0v) is 12.8. The van der Waals surface area contributed by atoms with Gasteiger partial charge in [0.15, 0.2) is 5.78 Å². The van der Waals surface area contributed by atoms with Crippen LogP contribution in [-0.2, 0) is 14.4 Å². The number of anilines is 1. The summed E-state index contributed by atoms with van der Waals surface area (Å²) < 4.78 is 0. The summed E-state index contributed by atoms with van der Waals surface area (Å²) in [7, 11) is 0. The summed E-state index contributed by atoms with van der Waals surface area (Å²) in [6.07, 6.45) is -0.00409. The summed E-state index contributed by atoms with van der Waals surface area (Å²) in [6.45, 7) is 1.41. The number of hydrogen-bond donors (Lipinski definition) is 1. The third-order valence-corrected chi connectivity index (χ3v) is 4.46. The monoisotopic (exact) mass is 321 g/mol. The van der Waals surface area contributed by atoms with Gasteiger partial charge in [0.05, 0.1) is 17.4 Å². The number of imide groups is 1. The Hall–Kier alpha value is -2.15. The molecule has 0 bridgehead atoms. The molecular weight excluding hydrogens is 306 g/mol. The van der Waals surface area contributed by atoms with Gasteiger partial charge < -0.3 is 5.11 Å². The fourth-order valence-electron chi connectivity index (χ4n) is 2.16. The minimum atomic E-state index is -0.935. The lowest BCUT2D eigenvalue weighted by molar-refractivity contribution is -0.136. The molecule has 6 nitrogen and oxygen atoms in total. The quantitative estimate of drug-likeness (QED) is 0.634. The molecule has 2 amide bonds. The minimum Gasteiger partial charge on any atom is -0.481 e. The third kappa shape index (κ3) is 3.54. The zero-order chi connectivity index (χ0) is 16.3. The average Bonchev–Trinajstić information content (AvgIpc) is 2.73. The number of hydrogen-bond acceptors (Lipinski definition) is 5. The van der Waals surface area contributed by atoms with E-state index < -0.39 is 11.2 Å². The van der Waals surface area contributed by atoms with Crippen molar-refractivity contribution in [2.24, 2.45) is 0 Å². The van der Waals surface area contributed by atoms with E-state index in [9.17, 15) is 19.2 Å². The van der Waals surface area contributed by atoms with E-state index in [1.165, 1.54) is 24.8 Å². The molecule has 1 fully saturated rings. The van der Waals surface area contributed by atoms with Crippen molar-refractivity contribution in [2.75, 3.05) is 10.7 Å². The standard InChI is InChI=1S/C15H15NO5S/c1-9(17)10-3-2-4-11(7-10)16-13(18)8-12(15(16)21)22-6-5-14(19)20/h2-4,7,12H,5-6,8H2,1H3,(H,19,20). The van der Waals surface area contributed by atoms with Crippen LogP contribution in [0, 0.1) is 0 Å². The van der Waals surface area contributed by atoms with Gasteiger partial charge in [0.25, 0.3) is 0 Å². The summed E-state index contributed by atoms with van der Waals surface area (Å²) in [5.41, 5.74) is 0.809. The number of carbonyl (C=O) groups excluding carboxylic acids is 3. The van der Waals surface area contributed by atoms with Crippen LogP contribution < -0.4 is 4.90 Å². The van der Waals surface area contributed by atoms with Crippen LogP contribution in [0.5, 0.6) is 0 Å². The van der Waals surface area contributed by atoms with Crippen LogP contribution in [-0.4, -0.2) is 39.7 Å². The van der Waals surface area contributed by atoms with Crippen LogP contribution in [0.15, 0.2) is 24.3 Å². The first-order chi connectivity index (χ1) is 10.4. The lowest BCUT2D eigenvalue weighted by Gasteiger charge is -2.15. The van der Waals surface area contributed by atoms with E-state index in [4.69, 9.17) is 5.11 Å². The first-order valence-electron chi connectivity index (χ1n) is 6.71. The molecule has 1 unspecified atom stereocenters. The van der Waals surface area contributed by atoms with Gasteiger partial charge in [0.2, 0.25) is 11.8 Å². The maximum absolute atomic E-state index is 12.3. The van der Waals surface area contributed by atoms with Gasteiger partial charge in [-0.3, -0.25) is 19.2 Å². The van der Waals surface area contributed by atoms with Gasteiger partial charge in [-0.2, -0.15) is 0 Å². The zero-order valence-electron chi connectivity index (χ0n) is 11.9. The summed E-state index contributed by atoms with van der Waals surface area (Å²) in [6, 6.07) is 6.36. The molecule has 1 aliphatic heterocycles. The maximum Gasteiger partial charge on any atom is 0.304 e. The lowest BCUT2D eigenvalue weighted by atomic mass is 10.1. The van der Waals surface area contributed by atoms with Crippen molar-refractivity contribution in [3.05, 3.63) is 29.8 Å². The fraction of sp³-hybridized carbons (Fsp3) is 0.333. The van der Waals surface area contributed by atoms with Gasteiger partial charge in [-0.15, -0.1) is 11.8 Å². The molecule has 1 N–H and O–H groups in total. The highest BCUT2D eigenvalue weighted by molar-refractivity contribution is 8.00. The van der Waals surface area contributed by atoms with Crippen LogP contribution in [0.1, 0.15) is 30.1 Å². The number of carboxylic acid groups (broad SMARTS) is 1. The Balaban J connectivity index is 2.13. The molecule has 2 rings (SSSR count). The molecule has 7 heteroatoms. The van der Waals surface area contributed by atoms with E-state index in [0.717, 1.165) is 4.90 Å². The molecule has 0 saturated carbocycles. The smallest absolute Gasteiger partial charge is 0.304 e. The predicted octanol–water partition coefficient (Wildman–Crippen LogP) is 1.73. The van der Waals surface area contributed by atoms with E-state index in [1.807, 2.05) is 0 Å². The molecular formula is C15H15NO5S. The molecule has 1 aliphatic rings. The summed E-state index contributed by atoms with van der Waals surface area (Å²) in [5.74, 6) is -1.50. The van der Waals surface area contributed by atoms with Crippen LogP contribution in [0.25, 0.3) is 0 Å². The molecule has 0 aliphatic carbocycles. The lowest BCUT2D eigenvalue weighted by Crippen LogP contribution is -2.31. The maximum atomic E-state index is 12.3. The topological polar surface area (TPSA) is 91.8 Å². The van der Waals surface area contributed by atoms with Gasteiger partial charge in [-0.25, -0.2) is 4.90 Å². The Morgan fingerprint density at radius 3 is 2.73 bits per heavy atom. The van der Waals surface area contributed by atoms with E-state index in [-0.39, 0.29) is 36.2 Å². The number of carboxylic acids is 1. The Bertz CT molecular complexity index is 643. The number of carbonyl (C=O) groups is 4. The number of Topliss-reactive ketones (excluding diaryl/α,β-unsaturated/α-hetero) is 1. The highest BCUT2D eigenvalue weighted by Gasteiger charge is 2.39. The van der Waals surface area contributed by atoms with Gasteiger partial charge in [-0.05, 0) is 19.1 Å². The Morgan fingerprint density at radius 2 is 2.09 bits per heavy atom. The van der Waals surface area contributed by atoms with Crippen molar-refractivity contribution in [1.29, 1.82) is 0 Å². The SMILES string of the molecule is CC(=O)c1cccc(N2C(=O)CC(SCCC(=O)O)C2=O)c1. The number of rotatable bonds is 6. The van der Waals surface area contributed by atoms with E-state index in [1.54, 1.807) is 18.2 Å². The molecule has 1 heterocycles. The van der Waals surface area contributed by atoms with Crippen molar-refractivity contribution >= 4 is 41.0 Å². The fourth-order valence-corrected chi connectivity index (χ4v) is 3.24. The second kappa shape index (κ2) is 6.74. The number of benzene rings is 1. The van der Waals surface area contributed by atoms with Crippen molar-refractivity contribution in [3.63, 3.8) is 0 Å². The van der Waals surface area contributed by atoms with E-state index in [0.29, 0.717) is 11.3 Å². The van der Waals surface area contributed by atoms with Gasteiger partial charge in [0, 0.05) is 17.7 Å². The summed E-state index contributed by atoms with van der Waals surface area (Å²) in [5, 5.41) is 8.05. The van der Waals surface area contributed by atoms with Crippen molar-refractivity contribution in [3.8, 4) is 0 Å². The van der Waals surface area contributed by atoms with Crippen LogP contribution >= 0.6 is 11.8 Å². The van der Waals surface area contributed by atoms with Gasteiger partial charge in [-0.1, -0.05) is 12.1 Å². The number of ketones is 1. The average molecular weight is 321 g/mol. The predicted molar refractivity (Wildman–Crippen MR) is 82.1 cm³/mol. The molecule has 1 atom stereocenters. The molecule has 1 aromatic carbocycles. The van der Waals surface area contributed by atoms with Gasteiger partial charge in [0.1, 0.15) is 0 Å². The molecule has 116 valence electrons. The van der Waals surface area contributed by atoms with Crippen molar-refractivity contribution in [1.82, 2.24) is 0 Å². The molecule has 22 heavy (non-hydrogen) atoms. The first kappa shape index (κ1) is 16.2.